The van der Waals surface area contributed by atoms with E-state index in [2.05, 4.69) is 21.2 Å². The zero-order valence-electron chi connectivity index (χ0n) is 24.8. The Balaban J connectivity index is 1.83. The Bertz CT molecular complexity index is 1720. The molecule has 4 aromatic carbocycles. The van der Waals surface area contributed by atoms with Gasteiger partial charge in [-0.05, 0) is 73.9 Å². The molecule has 4 aromatic rings. The molecule has 7 nitrogen and oxygen atoms in total. The summed E-state index contributed by atoms with van der Waals surface area (Å²) in [5.74, 6) is -0.862. The number of hydrogen-bond acceptors (Lipinski definition) is 4. The van der Waals surface area contributed by atoms with Gasteiger partial charge in [-0.1, -0.05) is 93.8 Å². The van der Waals surface area contributed by atoms with E-state index >= 15 is 0 Å². The van der Waals surface area contributed by atoms with Crippen LogP contribution in [-0.4, -0.2) is 44.3 Å². The molecule has 4 rings (SSSR count). The molecule has 0 aliphatic heterocycles. The third-order valence-electron chi connectivity index (χ3n) is 7.19. The first-order valence-corrected chi connectivity index (χ1v) is 16.8. The van der Waals surface area contributed by atoms with E-state index in [1.54, 1.807) is 37.3 Å². The topological polar surface area (TPSA) is 86.8 Å². The van der Waals surface area contributed by atoms with Gasteiger partial charge in [0.25, 0.3) is 10.0 Å². The molecule has 0 radical (unpaired) electrons. The average Bonchev–Trinajstić information content (AvgIpc) is 2.99. The largest absolute Gasteiger partial charge is 0.355 e. The van der Waals surface area contributed by atoms with Gasteiger partial charge in [-0.2, -0.15) is 0 Å². The Labute approximate surface area is 273 Å². The molecule has 2 amide bonds. The molecule has 0 spiro atoms. The normalized spacial score (nSPS) is 11.9. The predicted octanol–water partition coefficient (Wildman–Crippen LogP) is 6.69. The van der Waals surface area contributed by atoms with Gasteiger partial charge in [0.15, 0.2) is 0 Å². The zero-order valence-corrected chi connectivity index (χ0v) is 28.0. The highest BCUT2D eigenvalue weighted by atomic mass is 79.9. The number of aryl methyl sites for hydroxylation is 2. The van der Waals surface area contributed by atoms with Crippen LogP contribution >= 0.6 is 27.5 Å². The van der Waals surface area contributed by atoms with E-state index in [1.807, 2.05) is 68.4 Å². The summed E-state index contributed by atoms with van der Waals surface area (Å²) < 4.78 is 30.3. The first-order chi connectivity index (χ1) is 21.0. The maximum Gasteiger partial charge on any atom is 0.264 e. The first kappa shape index (κ1) is 33.2. The molecule has 0 bridgehead atoms. The minimum Gasteiger partial charge on any atom is -0.355 e. The summed E-state index contributed by atoms with van der Waals surface area (Å²) in [5, 5.41) is 3.20. The maximum atomic E-state index is 14.5. The summed E-state index contributed by atoms with van der Waals surface area (Å²) in [4.78, 5) is 29.6. The number of carbonyl (C=O) groups is 2. The number of nitrogens with zero attached hydrogens (tertiary/aromatic N) is 2. The molecule has 230 valence electrons. The lowest BCUT2D eigenvalue weighted by Crippen LogP contribution is -2.53. The molecule has 1 atom stereocenters. The predicted molar refractivity (Wildman–Crippen MR) is 179 cm³/mol. The lowest BCUT2D eigenvalue weighted by molar-refractivity contribution is -0.140. The molecule has 0 aromatic heterocycles. The lowest BCUT2D eigenvalue weighted by atomic mass is 10.0. The molecular weight excluding hydrogens is 662 g/mol. The summed E-state index contributed by atoms with van der Waals surface area (Å²) in [6.07, 6.45) is 0.243. The number of amides is 2. The van der Waals surface area contributed by atoms with Crippen LogP contribution in [0.15, 0.2) is 106 Å². The molecule has 0 saturated carbocycles. The Morgan fingerprint density at radius 2 is 1.57 bits per heavy atom. The van der Waals surface area contributed by atoms with Crippen molar-refractivity contribution < 1.29 is 18.0 Å². The van der Waals surface area contributed by atoms with E-state index < -0.39 is 28.5 Å². The fourth-order valence-electron chi connectivity index (χ4n) is 4.88. The SMILES string of the molecule is CCNC(=O)[C@H](Cc1ccccc1)N(Cc1cccc(Br)c1)C(=O)CN(c1cc(Cl)ccc1C)S(=O)(=O)c1ccc(C)cc1. The average molecular weight is 697 g/mol. The van der Waals surface area contributed by atoms with E-state index in [9.17, 15) is 18.0 Å². The number of rotatable bonds is 12. The van der Waals surface area contributed by atoms with Gasteiger partial charge >= 0.3 is 0 Å². The van der Waals surface area contributed by atoms with Gasteiger partial charge in [0.2, 0.25) is 11.8 Å². The quantitative estimate of drug-likeness (QED) is 0.179. The Morgan fingerprint density at radius 3 is 2.23 bits per heavy atom. The van der Waals surface area contributed by atoms with E-state index in [1.165, 1.54) is 17.0 Å². The number of nitrogens with one attached hydrogen (secondary N) is 1. The first-order valence-electron chi connectivity index (χ1n) is 14.2. The number of likely N-dealkylation sites (N-methyl/N-ethyl adjacent to an activating group) is 1. The van der Waals surface area contributed by atoms with Crippen molar-refractivity contribution in [2.75, 3.05) is 17.4 Å². The van der Waals surface area contributed by atoms with Crippen molar-refractivity contribution in [2.45, 2.75) is 44.7 Å². The smallest absolute Gasteiger partial charge is 0.264 e. The van der Waals surface area contributed by atoms with Crippen LogP contribution in [0.25, 0.3) is 0 Å². The Kier molecular flexibility index (Phi) is 11.2. The monoisotopic (exact) mass is 695 g/mol. The van der Waals surface area contributed by atoms with Gasteiger partial charge in [0, 0.05) is 29.0 Å². The summed E-state index contributed by atoms with van der Waals surface area (Å²) in [5.41, 5.74) is 3.46. The fourth-order valence-corrected chi connectivity index (χ4v) is 6.96. The van der Waals surface area contributed by atoms with Crippen LogP contribution in [-0.2, 0) is 32.6 Å². The van der Waals surface area contributed by atoms with Crippen LogP contribution in [0.1, 0.15) is 29.2 Å². The highest BCUT2D eigenvalue weighted by Gasteiger charge is 2.35. The minimum absolute atomic E-state index is 0.0402. The molecule has 0 saturated heterocycles. The third kappa shape index (κ3) is 8.28. The molecule has 10 heteroatoms. The third-order valence-corrected chi connectivity index (χ3v) is 9.69. The van der Waals surface area contributed by atoms with Crippen LogP contribution in [0.2, 0.25) is 5.02 Å². The highest BCUT2D eigenvalue weighted by Crippen LogP contribution is 2.30. The molecular formula is C34H35BrClN3O4S. The van der Waals surface area contributed by atoms with Crippen molar-refractivity contribution in [1.29, 1.82) is 0 Å². The van der Waals surface area contributed by atoms with Gasteiger partial charge in [0.1, 0.15) is 12.6 Å². The highest BCUT2D eigenvalue weighted by molar-refractivity contribution is 9.10. The van der Waals surface area contributed by atoms with Crippen molar-refractivity contribution >= 4 is 55.1 Å². The van der Waals surface area contributed by atoms with Gasteiger partial charge in [-0.3, -0.25) is 13.9 Å². The Morgan fingerprint density at radius 1 is 0.886 bits per heavy atom. The van der Waals surface area contributed by atoms with Gasteiger partial charge in [0.05, 0.1) is 10.6 Å². The molecule has 0 aliphatic carbocycles. The maximum absolute atomic E-state index is 14.5. The van der Waals surface area contributed by atoms with Gasteiger partial charge in [-0.25, -0.2) is 8.42 Å². The molecule has 0 heterocycles. The van der Waals surface area contributed by atoms with Crippen molar-refractivity contribution in [3.8, 4) is 0 Å². The van der Waals surface area contributed by atoms with Crippen LogP contribution in [0, 0.1) is 13.8 Å². The van der Waals surface area contributed by atoms with Crippen LogP contribution in [0.5, 0.6) is 0 Å². The molecule has 44 heavy (non-hydrogen) atoms. The number of anilines is 1. The number of benzene rings is 4. The zero-order chi connectivity index (χ0) is 31.9. The van der Waals surface area contributed by atoms with Gasteiger partial charge in [-0.15, -0.1) is 0 Å². The van der Waals surface area contributed by atoms with Crippen LogP contribution in [0.4, 0.5) is 5.69 Å². The van der Waals surface area contributed by atoms with Crippen molar-refractivity contribution in [3.63, 3.8) is 0 Å². The number of carbonyl (C=O) groups excluding carboxylic acids is 2. The number of halogens is 2. The van der Waals surface area contributed by atoms with Crippen LogP contribution < -0.4 is 9.62 Å². The van der Waals surface area contributed by atoms with Crippen molar-refractivity contribution in [1.82, 2.24) is 10.2 Å². The fraction of sp³-hybridized carbons (Fsp3) is 0.235. The number of sulfonamides is 1. The molecule has 1 N–H and O–H groups in total. The summed E-state index contributed by atoms with van der Waals surface area (Å²) in [6, 6.07) is 27.4. The van der Waals surface area contributed by atoms with Crippen molar-refractivity contribution in [2.24, 2.45) is 0 Å². The summed E-state index contributed by atoms with van der Waals surface area (Å²) in [7, 11) is -4.21. The minimum atomic E-state index is -4.21. The van der Waals surface area contributed by atoms with Gasteiger partial charge < -0.3 is 10.2 Å². The van der Waals surface area contributed by atoms with E-state index in [0.717, 1.165) is 25.5 Å². The second-order valence-electron chi connectivity index (χ2n) is 10.5. The molecule has 0 aliphatic rings. The van der Waals surface area contributed by atoms with E-state index in [0.29, 0.717) is 17.1 Å². The second kappa shape index (κ2) is 14.9. The summed E-state index contributed by atoms with van der Waals surface area (Å²) >= 11 is 9.84. The van der Waals surface area contributed by atoms with Crippen LogP contribution in [0.3, 0.4) is 0 Å². The Hall–Kier alpha value is -3.66. The molecule has 0 fully saturated rings. The second-order valence-corrected chi connectivity index (χ2v) is 13.7. The molecule has 0 unspecified atom stereocenters. The van der Waals surface area contributed by atoms with Crippen molar-refractivity contribution in [3.05, 3.63) is 129 Å². The van der Waals surface area contributed by atoms with E-state index in [-0.39, 0.29) is 29.5 Å². The summed E-state index contributed by atoms with van der Waals surface area (Å²) in [6.45, 7) is 5.36. The standard InChI is InChI=1S/C34H35BrClN3O4S/c1-4-37-34(41)32(20-26-9-6-5-7-10-26)38(22-27-11-8-12-28(35)19-27)33(40)23-39(31-21-29(36)16-15-25(31)3)44(42,43)30-17-13-24(2)14-18-30/h5-19,21,32H,4,20,22-23H2,1-3H3,(H,37,41)/t32-/m0/s1. The lowest BCUT2D eigenvalue weighted by Gasteiger charge is -2.34. The van der Waals surface area contributed by atoms with E-state index in [4.69, 9.17) is 11.6 Å². The number of hydrogen-bond donors (Lipinski definition) is 1.